The first kappa shape index (κ1) is 10.9. The first-order valence-electron chi connectivity index (χ1n) is 5.80. The van der Waals surface area contributed by atoms with Gasteiger partial charge in [0.2, 0.25) is 5.91 Å². The van der Waals surface area contributed by atoms with Crippen molar-refractivity contribution in [3.63, 3.8) is 0 Å². The smallest absolute Gasteiger partial charge is 0.226 e. The lowest BCUT2D eigenvalue weighted by Gasteiger charge is -2.26. The zero-order valence-corrected chi connectivity index (χ0v) is 9.76. The minimum Gasteiger partial charge on any atom is -0.392 e. The number of nitrogens with two attached hydrogens (primary N) is 1. The van der Waals surface area contributed by atoms with Crippen molar-refractivity contribution >= 4 is 23.1 Å². The lowest BCUT2D eigenvalue weighted by atomic mass is 10.1. The Morgan fingerprint density at radius 2 is 1.87 bits per heavy atom. The Labute approximate surface area is 96.0 Å². The first-order valence-corrected chi connectivity index (χ1v) is 6.21. The molecule has 0 aromatic heterocycles. The summed E-state index contributed by atoms with van der Waals surface area (Å²) in [7, 11) is 0. The first-order chi connectivity index (χ1) is 7.20. The molecule has 15 heavy (non-hydrogen) atoms. The molecule has 3 nitrogen and oxygen atoms in total. The van der Waals surface area contributed by atoms with Gasteiger partial charge in [-0.3, -0.25) is 4.79 Å². The monoisotopic (exact) mass is 226 g/mol. The summed E-state index contributed by atoms with van der Waals surface area (Å²) in [6.07, 6.45) is 6.50. The number of rotatable bonds is 2. The standard InChI is InChI=1S/C11H18N2OS/c12-10(15)9-6-3-7-13(9)11(14)8-4-1-2-5-8/h8-9H,1-7H2,(H2,12,15). The van der Waals surface area contributed by atoms with Crippen LogP contribution in [-0.4, -0.2) is 28.4 Å². The molecule has 1 aliphatic carbocycles. The topological polar surface area (TPSA) is 46.3 Å². The normalized spacial score (nSPS) is 27.2. The van der Waals surface area contributed by atoms with E-state index in [-0.39, 0.29) is 12.0 Å². The van der Waals surface area contributed by atoms with Crippen LogP contribution in [0.15, 0.2) is 0 Å². The molecule has 0 bridgehead atoms. The minimum absolute atomic E-state index is 0.0353. The zero-order chi connectivity index (χ0) is 10.8. The predicted molar refractivity (Wildman–Crippen MR) is 63.5 cm³/mol. The van der Waals surface area contributed by atoms with Crippen molar-refractivity contribution in [2.45, 2.75) is 44.6 Å². The van der Waals surface area contributed by atoms with Gasteiger partial charge in [0.25, 0.3) is 0 Å². The Bertz CT molecular complexity index is 274. The highest BCUT2D eigenvalue weighted by Crippen LogP contribution is 2.29. The van der Waals surface area contributed by atoms with E-state index in [2.05, 4.69) is 0 Å². The van der Waals surface area contributed by atoms with E-state index in [0.29, 0.717) is 10.9 Å². The Morgan fingerprint density at radius 3 is 2.47 bits per heavy atom. The fourth-order valence-electron chi connectivity index (χ4n) is 2.73. The van der Waals surface area contributed by atoms with Crippen molar-refractivity contribution < 1.29 is 4.79 Å². The van der Waals surface area contributed by atoms with E-state index in [4.69, 9.17) is 18.0 Å². The lowest BCUT2D eigenvalue weighted by Crippen LogP contribution is -2.45. The van der Waals surface area contributed by atoms with Gasteiger partial charge >= 0.3 is 0 Å². The lowest BCUT2D eigenvalue weighted by molar-refractivity contribution is -0.135. The highest BCUT2D eigenvalue weighted by atomic mass is 32.1. The fourth-order valence-corrected chi connectivity index (χ4v) is 2.98. The highest BCUT2D eigenvalue weighted by Gasteiger charge is 2.35. The average Bonchev–Trinajstić information content (AvgIpc) is 2.88. The molecule has 0 spiro atoms. The molecule has 1 saturated heterocycles. The molecule has 4 heteroatoms. The summed E-state index contributed by atoms with van der Waals surface area (Å²) < 4.78 is 0. The Kier molecular flexibility index (Phi) is 3.24. The zero-order valence-electron chi connectivity index (χ0n) is 8.95. The van der Waals surface area contributed by atoms with Gasteiger partial charge in [0.15, 0.2) is 0 Å². The molecule has 2 aliphatic rings. The molecule has 2 rings (SSSR count). The molecule has 1 atom stereocenters. The summed E-state index contributed by atoms with van der Waals surface area (Å²) in [5.41, 5.74) is 5.66. The molecular formula is C11H18N2OS. The summed E-state index contributed by atoms with van der Waals surface area (Å²) in [6, 6.07) is 0.0353. The summed E-state index contributed by atoms with van der Waals surface area (Å²) in [6.45, 7) is 0.845. The molecule has 1 aliphatic heterocycles. The van der Waals surface area contributed by atoms with Crippen LogP contribution in [0, 0.1) is 5.92 Å². The van der Waals surface area contributed by atoms with Gasteiger partial charge < -0.3 is 10.6 Å². The number of likely N-dealkylation sites (tertiary alicyclic amines) is 1. The third kappa shape index (κ3) is 2.14. The van der Waals surface area contributed by atoms with Gasteiger partial charge in [-0.15, -0.1) is 0 Å². The molecule has 0 aromatic carbocycles. The van der Waals surface area contributed by atoms with Gasteiger partial charge in [-0.25, -0.2) is 0 Å². The maximum absolute atomic E-state index is 12.2. The summed E-state index contributed by atoms with van der Waals surface area (Å²) >= 11 is 5.01. The van der Waals surface area contributed by atoms with Crippen molar-refractivity contribution in [1.29, 1.82) is 0 Å². The number of hydrogen-bond donors (Lipinski definition) is 1. The number of nitrogens with zero attached hydrogens (tertiary/aromatic N) is 1. The molecule has 1 saturated carbocycles. The maximum Gasteiger partial charge on any atom is 0.226 e. The van der Waals surface area contributed by atoms with Gasteiger partial charge in [0.1, 0.15) is 0 Å². The molecule has 0 aromatic rings. The van der Waals surface area contributed by atoms with Crippen LogP contribution in [-0.2, 0) is 4.79 Å². The molecule has 1 unspecified atom stereocenters. The molecule has 2 fully saturated rings. The highest BCUT2D eigenvalue weighted by molar-refractivity contribution is 7.80. The second kappa shape index (κ2) is 4.47. The molecule has 1 heterocycles. The number of thiocarbonyl (C=S) groups is 1. The Balaban J connectivity index is 2.02. The van der Waals surface area contributed by atoms with E-state index in [9.17, 15) is 4.79 Å². The molecule has 84 valence electrons. The van der Waals surface area contributed by atoms with Gasteiger partial charge in [-0.05, 0) is 25.7 Å². The van der Waals surface area contributed by atoms with E-state index in [1.165, 1.54) is 12.8 Å². The van der Waals surface area contributed by atoms with Crippen LogP contribution >= 0.6 is 12.2 Å². The molecule has 1 amide bonds. The van der Waals surface area contributed by atoms with Gasteiger partial charge in [-0.2, -0.15) is 0 Å². The Hall–Kier alpha value is -0.640. The number of carbonyl (C=O) groups excluding carboxylic acids is 1. The van der Waals surface area contributed by atoms with E-state index in [1.807, 2.05) is 4.90 Å². The number of hydrogen-bond acceptors (Lipinski definition) is 2. The van der Waals surface area contributed by atoms with E-state index >= 15 is 0 Å². The summed E-state index contributed by atoms with van der Waals surface area (Å²) in [5, 5.41) is 0. The van der Waals surface area contributed by atoms with Crippen LogP contribution < -0.4 is 5.73 Å². The van der Waals surface area contributed by atoms with Crippen molar-refractivity contribution in [3.8, 4) is 0 Å². The maximum atomic E-state index is 12.2. The van der Waals surface area contributed by atoms with Crippen LogP contribution in [0.5, 0.6) is 0 Å². The molecule has 0 radical (unpaired) electrons. The van der Waals surface area contributed by atoms with E-state index in [1.54, 1.807) is 0 Å². The van der Waals surface area contributed by atoms with Crippen molar-refractivity contribution in [1.82, 2.24) is 4.90 Å². The second-order valence-corrected chi connectivity index (χ2v) is 5.04. The number of amides is 1. The average molecular weight is 226 g/mol. The second-order valence-electron chi connectivity index (χ2n) is 4.57. The van der Waals surface area contributed by atoms with Crippen molar-refractivity contribution in [2.75, 3.05) is 6.54 Å². The SMILES string of the molecule is NC(=S)C1CCCN1C(=O)C1CCCC1. The van der Waals surface area contributed by atoms with Gasteiger partial charge in [-0.1, -0.05) is 25.1 Å². The minimum atomic E-state index is 0.0353. The third-order valence-electron chi connectivity index (χ3n) is 3.57. The third-order valence-corrected chi connectivity index (χ3v) is 3.84. The van der Waals surface area contributed by atoms with Crippen molar-refractivity contribution in [3.05, 3.63) is 0 Å². The van der Waals surface area contributed by atoms with Crippen LogP contribution in [0.3, 0.4) is 0 Å². The predicted octanol–water partition coefficient (Wildman–Crippen LogP) is 1.45. The van der Waals surface area contributed by atoms with Crippen LogP contribution in [0.4, 0.5) is 0 Å². The largest absolute Gasteiger partial charge is 0.392 e. The molecular weight excluding hydrogens is 208 g/mol. The van der Waals surface area contributed by atoms with E-state index in [0.717, 1.165) is 32.2 Å². The van der Waals surface area contributed by atoms with Crippen LogP contribution in [0.25, 0.3) is 0 Å². The van der Waals surface area contributed by atoms with Gasteiger partial charge in [0.05, 0.1) is 11.0 Å². The Morgan fingerprint density at radius 1 is 1.20 bits per heavy atom. The van der Waals surface area contributed by atoms with Crippen LogP contribution in [0.1, 0.15) is 38.5 Å². The van der Waals surface area contributed by atoms with E-state index < -0.39 is 0 Å². The summed E-state index contributed by atoms with van der Waals surface area (Å²) in [5.74, 6) is 0.544. The van der Waals surface area contributed by atoms with Crippen LogP contribution in [0.2, 0.25) is 0 Å². The molecule has 2 N–H and O–H groups in total. The fraction of sp³-hybridized carbons (Fsp3) is 0.818. The summed E-state index contributed by atoms with van der Waals surface area (Å²) in [4.78, 5) is 14.6. The quantitative estimate of drug-likeness (QED) is 0.725. The number of carbonyl (C=O) groups is 1. The van der Waals surface area contributed by atoms with Crippen molar-refractivity contribution in [2.24, 2.45) is 11.7 Å². The van der Waals surface area contributed by atoms with Gasteiger partial charge in [0, 0.05) is 12.5 Å².